The van der Waals surface area contributed by atoms with Gasteiger partial charge in [-0.1, -0.05) is 11.6 Å². The number of halogens is 1. The van der Waals surface area contributed by atoms with Gasteiger partial charge in [0.25, 0.3) is 0 Å². The van der Waals surface area contributed by atoms with E-state index >= 15 is 0 Å². The number of carboxylic acids is 1. The topological polar surface area (TPSA) is 50.2 Å². The lowest BCUT2D eigenvalue weighted by atomic mass is 10.1. The first-order valence-electron chi connectivity index (χ1n) is 4.40. The first-order valence-corrected chi connectivity index (χ1v) is 5.66. The van der Waals surface area contributed by atoms with E-state index in [-0.39, 0.29) is 6.42 Å². The maximum absolute atomic E-state index is 10.4. The molecule has 0 bridgehead atoms. The van der Waals surface area contributed by atoms with Crippen molar-refractivity contribution in [2.45, 2.75) is 12.8 Å². The molecule has 0 radical (unpaired) electrons. The summed E-state index contributed by atoms with van der Waals surface area (Å²) in [4.78, 5) is 14.6. The molecule has 3 nitrogen and oxygen atoms in total. The van der Waals surface area contributed by atoms with E-state index in [1.54, 1.807) is 5.51 Å². The molecule has 1 N–H and O–H groups in total. The van der Waals surface area contributed by atoms with E-state index in [1.807, 2.05) is 12.1 Å². The maximum atomic E-state index is 10.4. The maximum Gasteiger partial charge on any atom is 0.303 e. The molecule has 0 saturated carbocycles. The van der Waals surface area contributed by atoms with Gasteiger partial charge in [-0.2, -0.15) is 0 Å². The fourth-order valence-corrected chi connectivity index (χ4v) is 2.38. The average molecular weight is 242 g/mol. The summed E-state index contributed by atoms with van der Waals surface area (Å²) in [5.74, 6) is -0.815. The summed E-state index contributed by atoms with van der Waals surface area (Å²) in [5.41, 5.74) is 3.48. The smallest absolute Gasteiger partial charge is 0.303 e. The minimum Gasteiger partial charge on any atom is -0.481 e. The summed E-state index contributed by atoms with van der Waals surface area (Å²) in [6.45, 7) is 0. The number of nitrogens with zero attached hydrogens (tertiary/aromatic N) is 1. The molecule has 0 unspecified atom stereocenters. The number of carboxylic acid groups (broad SMARTS) is 1. The largest absolute Gasteiger partial charge is 0.481 e. The molecule has 0 aliphatic carbocycles. The van der Waals surface area contributed by atoms with Crippen LogP contribution >= 0.6 is 22.9 Å². The Bertz CT molecular complexity index is 509. The van der Waals surface area contributed by atoms with Crippen molar-refractivity contribution in [2.24, 2.45) is 0 Å². The van der Waals surface area contributed by atoms with Gasteiger partial charge in [0.1, 0.15) is 0 Å². The molecular weight excluding hydrogens is 234 g/mol. The number of aryl methyl sites for hydroxylation is 1. The van der Waals surface area contributed by atoms with E-state index in [0.717, 1.165) is 15.8 Å². The van der Waals surface area contributed by atoms with Crippen LogP contribution in [0.1, 0.15) is 12.0 Å². The molecule has 1 aromatic heterocycles. The van der Waals surface area contributed by atoms with E-state index in [2.05, 4.69) is 4.98 Å². The van der Waals surface area contributed by atoms with Crippen molar-refractivity contribution in [2.75, 3.05) is 0 Å². The summed E-state index contributed by atoms with van der Waals surface area (Å²) in [6, 6.07) is 3.70. The molecule has 1 heterocycles. The summed E-state index contributed by atoms with van der Waals surface area (Å²) in [6.07, 6.45) is 0.539. The third-order valence-electron chi connectivity index (χ3n) is 2.11. The van der Waals surface area contributed by atoms with E-state index in [9.17, 15) is 4.79 Å². The number of carbonyl (C=O) groups is 1. The van der Waals surface area contributed by atoms with E-state index in [1.165, 1.54) is 11.3 Å². The molecule has 0 spiro atoms. The number of hydrogen-bond donors (Lipinski definition) is 1. The fourth-order valence-electron chi connectivity index (χ4n) is 1.36. The highest BCUT2D eigenvalue weighted by Gasteiger charge is 2.07. The van der Waals surface area contributed by atoms with Crippen LogP contribution in [0, 0.1) is 0 Å². The first-order chi connectivity index (χ1) is 7.16. The predicted octanol–water partition coefficient (Wildman–Crippen LogP) is 2.97. The highest BCUT2D eigenvalue weighted by Crippen LogP contribution is 2.26. The van der Waals surface area contributed by atoms with Crippen molar-refractivity contribution < 1.29 is 9.90 Å². The molecule has 0 atom stereocenters. The Morgan fingerprint density at radius 3 is 3.07 bits per heavy atom. The van der Waals surface area contributed by atoms with E-state index in [0.29, 0.717) is 11.4 Å². The van der Waals surface area contributed by atoms with Crippen LogP contribution in [-0.4, -0.2) is 16.1 Å². The Kier molecular flexibility index (Phi) is 2.88. The van der Waals surface area contributed by atoms with Gasteiger partial charge < -0.3 is 5.11 Å². The van der Waals surface area contributed by atoms with Crippen molar-refractivity contribution in [1.29, 1.82) is 0 Å². The van der Waals surface area contributed by atoms with Crippen molar-refractivity contribution in [3.8, 4) is 0 Å². The van der Waals surface area contributed by atoms with Crippen LogP contribution in [0.2, 0.25) is 5.02 Å². The van der Waals surface area contributed by atoms with Gasteiger partial charge in [0.2, 0.25) is 0 Å². The predicted molar refractivity (Wildman–Crippen MR) is 60.6 cm³/mol. The van der Waals surface area contributed by atoms with E-state index in [4.69, 9.17) is 16.7 Å². The van der Waals surface area contributed by atoms with Crippen molar-refractivity contribution in [3.05, 3.63) is 28.2 Å². The highest BCUT2D eigenvalue weighted by molar-refractivity contribution is 7.16. The fraction of sp³-hybridized carbons (Fsp3) is 0.200. The molecule has 0 aliphatic heterocycles. The minimum absolute atomic E-state index is 0.0926. The van der Waals surface area contributed by atoms with Gasteiger partial charge in [0, 0.05) is 11.4 Å². The van der Waals surface area contributed by atoms with Gasteiger partial charge in [-0.3, -0.25) is 4.79 Å². The SMILES string of the molecule is O=C(O)CCc1cc2ncsc2cc1Cl. The molecule has 2 rings (SSSR count). The molecule has 1 aromatic carbocycles. The summed E-state index contributed by atoms with van der Waals surface area (Å²) in [5, 5.41) is 9.20. The number of aromatic nitrogens is 1. The molecule has 0 saturated heterocycles. The highest BCUT2D eigenvalue weighted by atomic mass is 35.5. The van der Waals surface area contributed by atoms with Gasteiger partial charge in [0.05, 0.1) is 15.7 Å². The molecule has 2 aromatic rings. The van der Waals surface area contributed by atoms with Crippen LogP contribution in [0.5, 0.6) is 0 Å². The Labute approximate surface area is 95.3 Å². The Morgan fingerprint density at radius 2 is 2.33 bits per heavy atom. The Balaban J connectivity index is 2.33. The second-order valence-corrected chi connectivity index (χ2v) is 4.45. The second kappa shape index (κ2) is 4.16. The third kappa shape index (κ3) is 2.27. The standard InChI is InChI=1S/C10H8ClNO2S/c11-7-4-9-8(12-5-15-9)3-6(7)1-2-10(13)14/h3-5H,1-2H2,(H,13,14). The van der Waals surface area contributed by atoms with E-state index < -0.39 is 5.97 Å². The molecule has 78 valence electrons. The molecule has 0 aliphatic rings. The summed E-state index contributed by atoms with van der Waals surface area (Å²) in [7, 11) is 0. The lowest BCUT2D eigenvalue weighted by molar-refractivity contribution is -0.136. The molecule has 0 fully saturated rings. The van der Waals surface area contributed by atoms with Crippen LogP contribution in [-0.2, 0) is 11.2 Å². The second-order valence-electron chi connectivity index (χ2n) is 3.16. The van der Waals surface area contributed by atoms with Crippen LogP contribution in [0.4, 0.5) is 0 Å². The van der Waals surface area contributed by atoms with Gasteiger partial charge in [-0.05, 0) is 24.1 Å². The van der Waals surface area contributed by atoms with Crippen LogP contribution < -0.4 is 0 Å². The number of benzene rings is 1. The van der Waals surface area contributed by atoms with Gasteiger partial charge in [0.15, 0.2) is 0 Å². The first kappa shape index (κ1) is 10.4. The number of fused-ring (bicyclic) bond motifs is 1. The van der Waals surface area contributed by atoms with Crippen molar-refractivity contribution >= 4 is 39.1 Å². The number of hydrogen-bond acceptors (Lipinski definition) is 3. The zero-order valence-electron chi connectivity index (χ0n) is 7.74. The number of aliphatic carboxylic acids is 1. The van der Waals surface area contributed by atoms with Gasteiger partial charge in [-0.25, -0.2) is 4.98 Å². The third-order valence-corrected chi connectivity index (χ3v) is 3.25. The molecule has 5 heteroatoms. The van der Waals surface area contributed by atoms with Crippen LogP contribution in [0.25, 0.3) is 10.2 Å². The quantitative estimate of drug-likeness (QED) is 0.899. The molecule has 0 amide bonds. The lowest BCUT2D eigenvalue weighted by Gasteiger charge is -2.01. The van der Waals surface area contributed by atoms with Crippen LogP contribution in [0.3, 0.4) is 0 Å². The zero-order chi connectivity index (χ0) is 10.8. The van der Waals surface area contributed by atoms with Crippen molar-refractivity contribution in [1.82, 2.24) is 4.98 Å². The molecular formula is C10H8ClNO2S. The van der Waals surface area contributed by atoms with Gasteiger partial charge in [-0.15, -0.1) is 11.3 Å². The van der Waals surface area contributed by atoms with Gasteiger partial charge >= 0.3 is 5.97 Å². The van der Waals surface area contributed by atoms with Crippen LogP contribution in [0.15, 0.2) is 17.6 Å². The normalized spacial score (nSPS) is 10.7. The average Bonchev–Trinajstić information content (AvgIpc) is 2.60. The van der Waals surface area contributed by atoms with Crippen molar-refractivity contribution in [3.63, 3.8) is 0 Å². The zero-order valence-corrected chi connectivity index (χ0v) is 9.31. The number of thiazole rings is 1. The lowest BCUT2D eigenvalue weighted by Crippen LogP contribution is -1.97. The Morgan fingerprint density at radius 1 is 1.53 bits per heavy atom. The Hall–Kier alpha value is -1.13. The molecule has 15 heavy (non-hydrogen) atoms. The monoisotopic (exact) mass is 241 g/mol. The minimum atomic E-state index is -0.815. The summed E-state index contributed by atoms with van der Waals surface area (Å²) >= 11 is 7.55. The number of rotatable bonds is 3. The summed E-state index contributed by atoms with van der Waals surface area (Å²) < 4.78 is 1.03.